The third-order valence-electron chi connectivity index (χ3n) is 2.95. The van der Waals surface area contributed by atoms with Gasteiger partial charge in [0, 0.05) is 0 Å². The van der Waals surface area contributed by atoms with E-state index in [1.165, 1.54) is 10.6 Å². The van der Waals surface area contributed by atoms with Crippen LogP contribution in [0.4, 0.5) is 0 Å². The fraction of sp³-hybridized carbons (Fsp3) is 0. The summed E-state index contributed by atoms with van der Waals surface area (Å²) in [5, 5.41) is 2.79. The Balaban J connectivity index is 0.000000216. The minimum Gasteiger partial charge on any atom is -0.214 e. The van der Waals surface area contributed by atoms with Gasteiger partial charge in [-0.05, 0) is 10.6 Å². The summed E-state index contributed by atoms with van der Waals surface area (Å²) in [6.45, 7) is 0. The molecule has 0 bridgehead atoms. The molecular weight excluding hydrogens is 351 g/mol. The van der Waals surface area contributed by atoms with Crippen LogP contribution in [0, 0.1) is 0 Å². The fourth-order valence-electron chi connectivity index (χ4n) is 1.85. The van der Waals surface area contributed by atoms with Gasteiger partial charge in [0.15, 0.2) is 0 Å². The predicted molar refractivity (Wildman–Crippen MR) is 105 cm³/mol. The molecular formula is C22H21FeP. The molecule has 2 heteroatoms. The minimum absolute atomic E-state index is 0. The molecule has 24 heavy (non-hydrogen) atoms. The van der Waals surface area contributed by atoms with Crippen LogP contribution < -0.4 is 10.6 Å². The van der Waals surface area contributed by atoms with Crippen molar-refractivity contribution in [1.82, 2.24) is 0 Å². The van der Waals surface area contributed by atoms with E-state index < -0.39 is 0 Å². The first-order valence-corrected chi connectivity index (χ1v) is 8.65. The van der Waals surface area contributed by atoms with Crippen molar-refractivity contribution >= 4 is 19.2 Å². The van der Waals surface area contributed by atoms with Gasteiger partial charge in [0.25, 0.3) is 0 Å². The molecule has 0 aliphatic heterocycles. The molecule has 0 aliphatic rings. The molecule has 0 N–H and O–H groups in total. The Morgan fingerprint density at radius 3 is 1.04 bits per heavy atom. The van der Waals surface area contributed by atoms with Crippen LogP contribution in [0.15, 0.2) is 121 Å². The number of hydrogen-bond donors (Lipinski definition) is 0. The van der Waals surface area contributed by atoms with E-state index in [2.05, 4.69) is 60.7 Å². The van der Waals surface area contributed by atoms with Gasteiger partial charge in [-0.1, -0.05) is 69.2 Å². The van der Waals surface area contributed by atoms with Crippen LogP contribution in [0.3, 0.4) is 0 Å². The van der Waals surface area contributed by atoms with Crippen LogP contribution in [0.2, 0.25) is 0 Å². The standard InChI is InChI=1S/C12H11P.2C5H5.Fe/c1-3-7-11(8-4-1)13-12-9-5-2-6-10-12;2*1-2-4-5-3-1;/h1-10,13H;2*1-5H;/q;2*-1;+2. The van der Waals surface area contributed by atoms with E-state index in [9.17, 15) is 0 Å². The Labute approximate surface area is 157 Å². The summed E-state index contributed by atoms with van der Waals surface area (Å²) in [6.07, 6.45) is 0. The zero-order chi connectivity index (χ0) is 16.0. The van der Waals surface area contributed by atoms with Crippen LogP contribution in [-0.4, -0.2) is 0 Å². The van der Waals surface area contributed by atoms with Crippen molar-refractivity contribution in [3.8, 4) is 0 Å². The van der Waals surface area contributed by atoms with Gasteiger partial charge in [0.2, 0.25) is 0 Å². The molecule has 4 aromatic rings. The van der Waals surface area contributed by atoms with Crippen LogP contribution in [0.25, 0.3) is 0 Å². The van der Waals surface area contributed by atoms with E-state index in [4.69, 9.17) is 0 Å². The molecule has 4 rings (SSSR count). The Kier molecular flexibility index (Phi) is 11.3. The first-order chi connectivity index (χ1) is 11.4. The molecule has 0 spiro atoms. The SMILES string of the molecule is [Fe+2].c1cc[cH-]c1.c1cc[cH-]c1.c1ccc(Pc2ccccc2)cc1. The number of rotatable bonds is 2. The first-order valence-electron chi connectivity index (χ1n) is 7.65. The van der Waals surface area contributed by atoms with Crippen molar-refractivity contribution in [2.45, 2.75) is 0 Å². The largest absolute Gasteiger partial charge is 2.00 e. The maximum Gasteiger partial charge on any atom is 2.00 e. The second-order valence-electron chi connectivity index (χ2n) is 4.78. The van der Waals surface area contributed by atoms with Gasteiger partial charge < -0.3 is 0 Å². The van der Waals surface area contributed by atoms with E-state index >= 15 is 0 Å². The Morgan fingerprint density at radius 1 is 0.458 bits per heavy atom. The molecule has 4 aromatic carbocycles. The van der Waals surface area contributed by atoms with Gasteiger partial charge in [-0.15, -0.1) is 0 Å². The fourth-order valence-corrected chi connectivity index (χ4v) is 2.90. The Morgan fingerprint density at radius 2 is 0.792 bits per heavy atom. The van der Waals surface area contributed by atoms with Crippen molar-refractivity contribution in [3.05, 3.63) is 121 Å². The zero-order valence-electron chi connectivity index (χ0n) is 13.4. The van der Waals surface area contributed by atoms with Crippen molar-refractivity contribution in [1.29, 1.82) is 0 Å². The zero-order valence-corrected chi connectivity index (χ0v) is 15.5. The summed E-state index contributed by atoms with van der Waals surface area (Å²) in [4.78, 5) is 0. The van der Waals surface area contributed by atoms with Crippen molar-refractivity contribution in [3.63, 3.8) is 0 Å². The molecule has 0 unspecified atom stereocenters. The van der Waals surface area contributed by atoms with Crippen LogP contribution in [0.5, 0.6) is 0 Å². The number of benzene rings is 2. The smallest absolute Gasteiger partial charge is 0.214 e. The molecule has 0 radical (unpaired) electrons. The topological polar surface area (TPSA) is 0 Å². The molecule has 122 valence electrons. The summed E-state index contributed by atoms with van der Waals surface area (Å²) in [5.74, 6) is 0. The molecule has 0 atom stereocenters. The quantitative estimate of drug-likeness (QED) is 0.260. The Hall–Kier alpha value is -1.91. The Bertz CT molecular complexity index is 588. The molecule has 0 saturated heterocycles. The van der Waals surface area contributed by atoms with E-state index in [0.29, 0.717) is 0 Å². The molecule has 0 aromatic heterocycles. The average molecular weight is 372 g/mol. The second kappa shape index (κ2) is 13.5. The van der Waals surface area contributed by atoms with Crippen molar-refractivity contribution in [2.75, 3.05) is 0 Å². The predicted octanol–water partition coefficient (Wildman–Crippen LogP) is 5.12. The maximum absolute atomic E-state index is 2.17. The third kappa shape index (κ3) is 9.28. The van der Waals surface area contributed by atoms with Crippen LogP contribution in [-0.2, 0) is 17.1 Å². The molecule has 0 nitrogen and oxygen atoms in total. The van der Waals surface area contributed by atoms with Gasteiger partial charge in [-0.2, -0.15) is 36.4 Å². The first kappa shape index (κ1) is 20.1. The minimum atomic E-state index is 0. The second-order valence-corrected chi connectivity index (χ2v) is 6.19. The summed E-state index contributed by atoms with van der Waals surface area (Å²) < 4.78 is 0. The summed E-state index contributed by atoms with van der Waals surface area (Å²) in [7, 11) is 0.777. The average Bonchev–Trinajstić information content (AvgIpc) is 3.35. The normalized spacial score (nSPS) is 8.67. The van der Waals surface area contributed by atoms with E-state index in [-0.39, 0.29) is 17.1 Å². The third-order valence-corrected chi connectivity index (χ3v) is 4.19. The number of hydrogen-bond acceptors (Lipinski definition) is 0. The van der Waals surface area contributed by atoms with Crippen LogP contribution >= 0.6 is 8.58 Å². The summed E-state index contributed by atoms with van der Waals surface area (Å²) in [5.41, 5.74) is 0. The van der Waals surface area contributed by atoms with Gasteiger partial charge in [-0.25, -0.2) is 24.3 Å². The molecule has 0 fully saturated rings. The van der Waals surface area contributed by atoms with E-state index in [1.807, 2.05) is 60.7 Å². The van der Waals surface area contributed by atoms with Gasteiger partial charge in [0.05, 0.1) is 0 Å². The molecule has 0 heterocycles. The van der Waals surface area contributed by atoms with Crippen LogP contribution in [0.1, 0.15) is 0 Å². The molecule has 0 saturated carbocycles. The van der Waals surface area contributed by atoms with Crippen molar-refractivity contribution < 1.29 is 17.1 Å². The van der Waals surface area contributed by atoms with E-state index in [0.717, 1.165) is 8.58 Å². The van der Waals surface area contributed by atoms with Gasteiger partial charge in [0.1, 0.15) is 0 Å². The monoisotopic (exact) mass is 372 g/mol. The molecule has 0 aliphatic carbocycles. The summed E-state index contributed by atoms with van der Waals surface area (Å²) >= 11 is 0. The van der Waals surface area contributed by atoms with E-state index in [1.54, 1.807) is 0 Å². The van der Waals surface area contributed by atoms with Gasteiger partial charge in [-0.3, -0.25) is 0 Å². The van der Waals surface area contributed by atoms with Crippen molar-refractivity contribution in [2.24, 2.45) is 0 Å². The maximum atomic E-state index is 2.17. The molecule has 0 amide bonds. The van der Waals surface area contributed by atoms with Gasteiger partial charge >= 0.3 is 17.1 Å². The summed E-state index contributed by atoms with van der Waals surface area (Å²) in [6, 6.07) is 41.2.